The molecule has 2 aromatic rings. The van der Waals surface area contributed by atoms with Gasteiger partial charge in [0.25, 0.3) is 0 Å². The molecule has 0 saturated carbocycles. The molecule has 1 heterocycles. The van der Waals surface area contributed by atoms with Crippen LogP contribution in [0.1, 0.15) is 23.6 Å². The first kappa shape index (κ1) is 14.2. The molecule has 0 bridgehead atoms. The van der Waals surface area contributed by atoms with Crippen molar-refractivity contribution in [3.63, 3.8) is 0 Å². The first-order chi connectivity index (χ1) is 10.2. The fourth-order valence-corrected chi connectivity index (χ4v) is 3.86. The minimum Gasteiger partial charge on any atom is -0.325 e. The van der Waals surface area contributed by atoms with E-state index in [-0.39, 0.29) is 11.2 Å². The van der Waals surface area contributed by atoms with E-state index in [0.717, 1.165) is 18.5 Å². The maximum Gasteiger partial charge on any atom is 0.238 e. The number of carbonyl (C=O) groups is 1. The normalized spacial score (nSPS) is 16.6. The van der Waals surface area contributed by atoms with Crippen LogP contribution >= 0.6 is 11.8 Å². The zero-order chi connectivity index (χ0) is 14.8. The van der Waals surface area contributed by atoms with Crippen molar-refractivity contribution < 1.29 is 4.79 Å². The lowest BCUT2D eigenvalue weighted by atomic mass is 10.1. The lowest BCUT2D eigenvalue weighted by Gasteiger charge is -2.10. The molecule has 1 N–H and O–H groups in total. The highest BCUT2D eigenvalue weighted by atomic mass is 32.2. The minimum absolute atomic E-state index is 0.0212. The summed E-state index contributed by atoms with van der Waals surface area (Å²) in [6.07, 6.45) is 1.80. The van der Waals surface area contributed by atoms with Crippen LogP contribution in [0.4, 0.5) is 5.69 Å². The molecule has 0 aromatic heterocycles. The van der Waals surface area contributed by atoms with Crippen LogP contribution in [0, 0.1) is 6.92 Å². The number of carbonyl (C=O) groups excluding carboxylic acids is 1. The van der Waals surface area contributed by atoms with Gasteiger partial charge in [-0.25, -0.2) is 0 Å². The summed E-state index contributed by atoms with van der Waals surface area (Å²) in [5.74, 6) is 0.0992. The number of nitrogens with one attached hydrogen (secondary N) is 1. The molecule has 0 spiro atoms. The van der Waals surface area contributed by atoms with Crippen molar-refractivity contribution in [1.29, 1.82) is 0 Å². The van der Waals surface area contributed by atoms with E-state index in [0.29, 0.717) is 0 Å². The molecule has 0 unspecified atom stereocenters. The molecule has 0 fully saturated rings. The Morgan fingerprint density at radius 3 is 2.95 bits per heavy atom. The first-order valence-corrected chi connectivity index (χ1v) is 8.19. The summed E-state index contributed by atoms with van der Waals surface area (Å²) in [4.78, 5) is 13.7. The summed E-state index contributed by atoms with van der Waals surface area (Å²) in [5, 5.41) is 3.03. The van der Waals surface area contributed by atoms with E-state index < -0.39 is 0 Å². The average Bonchev–Trinajstić information content (AvgIpc) is 2.90. The fourth-order valence-electron chi connectivity index (χ4n) is 2.57. The van der Waals surface area contributed by atoms with Crippen LogP contribution < -0.4 is 5.32 Å². The Morgan fingerprint density at radius 1 is 1.29 bits per heavy atom. The average molecular weight is 297 g/mol. The number of benzene rings is 2. The van der Waals surface area contributed by atoms with Crippen LogP contribution in [0.25, 0.3) is 0 Å². The zero-order valence-electron chi connectivity index (χ0n) is 12.3. The molecule has 0 radical (unpaired) electrons. The third-order valence-corrected chi connectivity index (χ3v) is 5.09. The van der Waals surface area contributed by atoms with Crippen molar-refractivity contribution in [3.8, 4) is 0 Å². The molecule has 3 rings (SSSR count). The van der Waals surface area contributed by atoms with Crippen LogP contribution in [0.3, 0.4) is 0 Å². The Hall–Kier alpha value is -1.74. The maximum absolute atomic E-state index is 12.4. The van der Waals surface area contributed by atoms with Gasteiger partial charge in [0.1, 0.15) is 0 Å². The van der Waals surface area contributed by atoms with E-state index in [2.05, 4.69) is 49.5 Å². The number of hydrogen-bond acceptors (Lipinski definition) is 2. The molecule has 108 valence electrons. The number of rotatable bonds is 3. The molecular formula is C18H19NOS. The zero-order valence-corrected chi connectivity index (χ0v) is 13.2. The molecule has 0 aliphatic carbocycles. The monoisotopic (exact) mass is 297 g/mol. The molecule has 3 heteroatoms. The Labute approximate surface area is 130 Å². The number of fused-ring (bicyclic) bond motifs is 1. The topological polar surface area (TPSA) is 29.1 Å². The van der Waals surface area contributed by atoms with Crippen LogP contribution in [0.2, 0.25) is 0 Å². The summed E-state index contributed by atoms with van der Waals surface area (Å²) in [6, 6.07) is 14.5. The van der Waals surface area contributed by atoms with Crippen molar-refractivity contribution in [2.75, 3.05) is 5.32 Å². The Bertz CT molecular complexity index is 681. The summed E-state index contributed by atoms with van der Waals surface area (Å²) < 4.78 is 0. The minimum atomic E-state index is -0.0212. The summed E-state index contributed by atoms with van der Waals surface area (Å²) in [6.45, 7) is 4.21. The first-order valence-electron chi connectivity index (χ1n) is 7.31. The van der Waals surface area contributed by atoms with Crippen LogP contribution in [0.15, 0.2) is 47.4 Å². The Morgan fingerprint density at radius 2 is 2.14 bits per heavy atom. The predicted molar refractivity (Wildman–Crippen MR) is 89.0 cm³/mol. The maximum atomic E-state index is 12.4. The molecule has 1 amide bonds. The summed E-state index contributed by atoms with van der Waals surface area (Å²) in [5.41, 5.74) is 4.67. The molecule has 2 aromatic carbocycles. The van der Waals surface area contributed by atoms with Gasteiger partial charge in [-0.05, 0) is 49.1 Å². The van der Waals surface area contributed by atoms with Crippen molar-refractivity contribution in [2.24, 2.45) is 0 Å². The van der Waals surface area contributed by atoms with Crippen molar-refractivity contribution in [1.82, 2.24) is 0 Å². The van der Waals surface area contributed by atoms with E-state index in [1.165, 1.54) is 21.6 Å². The molecule has 1 aliphatic heterocycles. The van der Waals surface area contributed by atoms with Gasteiger partial charge >= 0.3 is 0 Å². The van der Waals surface area contributed by atoms with E-state index in [9.17, 15) is 4.79 Å². The van der Waals surface area contributed by atoms with E-state index in [1.807, 2.05) is 12.1 Å². The fraction of sp³-hybridized carbons (Fsp3) is 0.278. The van der Waals surface area contributed by atoms with Gasteiger partial charge in [-0.15, -0.1) is 11.8 Å². The second kappa shape index (κ2) is 5.94. The number of aryl methyl sites for hydroxylation is 2. The summed E-state index contributed by atoms with van der Waals surface area (Å²) in [7, 11) is 0. The summed E-state index contributed by atoms with van der Waals surface area (Å²) >= 11 is 1.68. The van der Waals surface area contributed by atoms with Crippen LogP contribution in [-0.4, -0.2) is 11.2 Å². The molecular weight excluding hydrogens is 278 g/mol. The SMILES string of the molecule is CCc1cccc(NC(=O)[C@@H]2Cc3ccc(C)cc3S2)c1. The van der Waals surface area contributed by atoms with Crippen LogP contribution in [-0.2, 0) is 17.6 Å². The van der Waals surface area contributed by atoms with Gasteiger partial charge in [-0.3, -0.25) is 4.79 Å². The van der Waals surface area contributed by atoms with Crippen LogP contribution in [0.5, 0.6) is 0 Å². The van der Waals surface area contributed by atoms with Gasteiger partial charge in [0.2, 0.25) is 5.91 Å². The molecule has 0 saturated heterocycles. The highest BCUT2D eigenvalue weighted by Gasteiger charge is 2.28. The van der Waals surface area contributed by atoms with E-state index in [1.54, 1.807) is 11.8 Å². The second-order valence-electron chi connectivity index (χ2n) is 5.46. The molecule has 1 aliphatic rings. The Balaban J connectivity index is 1.70. The van der Waals surface area contributed by atoms with Crippen molar-refractivity contribution >= 4 is 23.4 Å². The van der Waals surface area contributed by atoms with Gasteiger partial charge < -0.3 is 5.32 Å². The van der Waals surface area contributed by atoms with E-state index >= 15 is 0 Å². The number of hydrogen-bond donors (Lipinski definition) is 1. The lowest BCUT2D eigenvalue weighted by Crippen LogP contribution is -2.24. The molecule has 21 heavy (non-hydrogen) atoms. The molecule has 1 atom stereocenters. The largest absolute Gasteiger partial charge is 0.325 e. The third kappa shape index (κ3) is 3.13. The van der Waals surface area contributed by atoms with Gasteiger partial charge in [0, 0.05) is 10.6 Å². The third-order valence-electron chi connectivity index (χ3n) is 3.79. The molecule has 2 nitrogen and oxygen atoms in total. The van der Waals surface area contributed by atoms with Gasteiger partial charge in [-0.2, -0.15) is 0 Å². The van der Waals surface area contributed by atoms with E-state index in [4.69, 9.17) is 0 Å². The van der Waals surface area contributed by atoms with Crippen molar-refractivity contribution in [3.05, 3.63) is 59.2 Å². The highest BCUT2D eigenvalue weighted by Crippen LogP contribution is 2.38. The van der Waals surface area contributed by atoms with Gasteiger partial charge in [0.05, 0.1) is 5.25 Å². The highest BCUT2D eigenvalue weighted by molar-refractivity contribution is 8.01. The Kier molecular flexibility index (Phi) is 4.02. The smallest absolute Gasteiger partial charge is 0.238 e. The quantitative estimate of drug-likeness (QED) is 0.919. The number of anilines is 1. The van der Waals surface area contributed by atoms with Gasteiger partial charge in [0.15, 0.2) is 0 Å². The number of amides is 1. The number of thioether (sulfide) groups is 1. The van der Waals surface area contributed by atoms with Crippen molar-refractivity contribution in [2.45, 2.75) is 36.8 Å². The predicted octanol–water partition coefficient (Wildman–Crippen LogP) is 4.21. The lowest BCUT2D eigenvalue weighted by molar-refractivity contribution is -0.115. The standard InChI is InChI=1S/C18H19NOS/c1-3-13-5-4-6-15(10-13)19-18(20)17-11-14-8-7-12(2)9-16(14)21-17/h4-10,17H,3,11H2,1-2H3,(H,19,20)/t17-/m0/s1. The second-order valence-corrected chi connectivity index (χ2v) is 6.71. The van der Waals surface area contributed by atoms with Gasteiger partial charge in [-0.1, -0.05) is 36.8 Å².